The molecule has 1 aromatic rings. The van der Waals surface area contributed by atoms with Gasteiger partial charge in [-0.15, -0.1) is 0 Å². The summed E-state index contributed by atoms with van der Waals surface area (Å²) in [5.41, 5.74) is -1.15. The molecule has 0 radical (unpaired) electrons. The average molecular weight is 332 g/mol. The van der Waals surface area contributed by atoms with E-state index in [1.54, 1.807) is 19.1 Å². The van der Waals surface area contributed by atoms with Crippen LogP contribution in [0.4, 0.5) is 0 Å². The maximum Gasteiger partial charge on any atom is 0.329 e. The zero-order valence-electron chi connectivity index (χ0n) is 11.4. The number of benzene rings is 1. The first-order chi connectivity index (χ1) is 9.84. The molecule has 0 aromatic heterocycles. The molecule has 0 spiro atoms. The Bertz CT molecular complexity index is 578. The number of carbonyl (C=O) groups excluding carboxylic acids is 1. The van der Waals surface area contributed by atoms with Crippen molar-refractivity contribution in [2.24, 2.45) is 0 Å². The molecule has 1 fully saturated rings. The first-order valence-electron chi connectivity index (χ1n) is 6.46. The normalized spacial score (nSPS) is 21.4. The fourth-order valence-electron chi connectivity index (χ4n) is 2.38. The Kier molecular flexibility index (Phi) is 4.64. The Morgan fingerprint density at radius 1 is 1.38 bits per heavy atom. The minimum atomic E-state index is -1.15. The summed E-state index contributed by atoms with van der Waals surface area (Å²) in [5.74, 6) is -0.944. The topological polar surface area (TPSA) is 66.8 Å². The molecule has 7 heteroatoms. The van der Waals surface area contributed by atoms with Crippen LogP contribution in [0.3, 0.4) is 0 Å². The van der Waals surface area contributed by atoms with Crippen molar-refractivity contribution in [2.75, 3.05) is 13.2 Å². The van der Waals surface area contributed by atoms with Gasteiger partial charge in [-0.2, -0.15) is 0 Å². The molecule has 1 unspecified atom stereocenters. The first-order valence-corrected chi connectivity index (χ1v) is 7.22. The molecule has 0 saturated carbocycles. The molecule has 1 N–H and O–H groups in total. The number of nitrogens with zero attached hydrogens (tertiary/aromatic N) is 1. The summed E-state index contributed by atoms with van der Waals surface area (Å²) in [5, 5.41) is 10.0. The predicted molar refractivity (Wildman–Crippen MR) is 78.9 cm³/mol. The molecule has 1 heterocycles. The van der Waals surface area contributed by atoms with Crippen molar-refractivity contribution in [3.63, 3.8) is 0 Å². The van der Waals surface area contributed by atoms with Crippen molar-refractivity contribution in [1.82, 2.24) is 4.90 Å². The number of rotatable bonds is 4. The minimum Gasteiger partial charge on any atom is -0.484 e. The number of halogens is 2. The van der Waals surface area contributed by atoms with Gasteiger partial charge in [0.05, 0.1) is 10.0 Å². The highest BCUT2D eigenvalue weighted by Gasteiger charge is 2.45. The van der Waals surface area contributed by atoms with E-state index in [9.17, 15) is 14.7 Å². The van der Waals surface area contributed by atoms with E-state index < -0.39 is 11.5 Å². The number of carboxylic acids is 1. The van der Waals surface area contributed by atoms with Crippen molar-refractivity contribution in [2.45, 2.75) is 25.3 Å². The van der Waals surface area contributed by atoms with Gasteiger partial charge < -0.3 is 14.7 Å². The third kappa shape index (κ3) is 3.24. The molecule has 0 aliphatic carbocycles. The molecule has 1 saturated heterocycles. The summed E-state index contributed by atoms with van der Waals surface area (Å²) in [6.45, 7) is 1.74. The van der Waals surface area contributed by atoms with Crippen molar-refractivity contribution < 1.29 is 19.4 Å². The third-order valence-corrected chi connectivity index (χ3v) is 4.40. The highest BCUT2D eigenvalue weighted by molar-refractivity contribution is 6.42. The minimum absolute atomic E-state index is 0.235. The number of carboxylic acid groups (broad SMARTS) is 1. The fraction of sp³-hybridized carbons (Fsp3) is 0.429. The van der Waals surface area contributed by atoms with E-state index in [1.807, 2.05) is 0 Å². The molecule has 1 aliphatic rings. The van der Waals surface area contributed by atoms with Crippen LogP contribution in [0.5, 0.6) is 5.75 Å². The highest BCUT2D eigenvalue weighted by Crippen LogP contribution is 2.30. The van der Waals surface area contributed by atoms with E-state index in [1.165, 1.54) is 11.0 Å². The van der Waals surface area contributed by atoms with Crippen LogP contribution in [0.1, 0.15) is 19.8 Å². The Morgan fingerprint density at radius 3 is 2.71 bits per heavy atom. The SMILES string of the molecule is CC1(C(=O)O)CCCN1C(=O)COc1ccc(Cl)c(Cl)c1. The Balaban J connectivity index is 2.01. The zero-order chi connectivity index (χ0) is 15.6. The molecule has 5 nitrogen and oxygen atoms in total. The molecule has 21 heavy (non-hydrogen) atoms. The summed E-state index contributed by atoms with van der Waals surface area (Å²) in [4.78, 5) is 24.9. The van der Waals surface area contributed by atoms with Crippen molar-refractivity contribution in [1.29, 1.82) is 0 Å². The average Bonchev–Trinajstić information content (AvgIpc) is 2.83. The van der Waals surface area contributed by atoms with E-state index in [-0.39, 0.29) is 12.5 Å². The van der Waals surface area contributed by atoms with E-state index in [4.69, 9.17) is 27.9 Å². The number of carbonyl (C=O) groups is 2. The van der Waals surface area contributed by atoms with Gasteiger partial charge in [0.2, 0.25) is 0 Å². The lowest BCUT2D eigenvalue weighted by Crippen LogP contribution is -2.52. The highest BCUT2D eigenvalue weighted by atomic mass is 35.5. The van der Waals surface area contributed by atoms with E-state index in [0.717, 1.165) is 0 Å². The van der Waals surface area contributed by atoms with Gasteiger partial charge in [-0.1, -0.05) is 23.2 Å². The fourth-order valence-corrected chi connectivity index (χ4v) is 2.66. The number of ether oxygens (including phenoxy) is 1. The quantitative estimate of drug-likeness (QED) is 0.921. The maximum absolute atomic E-state index is 12.2. The number of hydrogen-bond donors (Lipinski definition) is 1. The first kappa shape index (κ1) is 15.9. The molecule has 1 aromatic carbocycles. The number of likely N-dealkylation sites (tertiary alicyclic amines) is 1. The van der Waals surface area contributed by atoms with Gasteiger partial charge in [0.1, 0.15) is 11.3 Å². The summed E-state index contributed by atoms with van der Waals surface area (Å²) < 4.78 is 5.36. The summed E-state index contributed by atoms with van der Waals surface area (Å²) in [7, 11) is 0. The van der Waals surface area contributed by atoms with Crippen LogP contribution in [-0.4, -0.2) is 40.6 Å². The van der Waals surface area contributed by atoms with Gasteiger partial charge in [0.25, 0.3) is 5.91 Å². The Morgan fingerprint density at radius 2 is 2.10 bits per heavy atom. The standard InChI is InChI=1S/C14H15Cl2NO4/c1-14(13(19)20)5-2-6-17(14)12(18)8-21-9-3-4-10(15)11(16)7-9/h3-4,7H,2,5-6,8H2,1H3,(H,19,20). The molecule has 114 valence electrons. The molecule has 1 amide bonds. The van der Waals surface area contributed by atoms with Crippen LogP contribution in [0.25, 0.3) is 0 Å². The second-order valence-corrected chi connectivity index (χ2v) is 5.91. The van der Waals surface area contributed by atoms with E-state index in [0.29, 0.717) is 35.2 Å². The van der Waals surface area contributed by atoms with Gasteiger partial charge in [-0.3, -0.25) is 4.79 Å². The van der Waals surface area contributed by atoms with Gasteiger partial charge in [-0.05, 0) is 31.9 Å². The maximum atomic E-state index is 12.2. The van der Waals surface area contributed by atoms with Crippen LogP contribution >= 0.6 is 23.2 Å². The summed E-state index contributed by atoms with van der Waals surface area (Å²) in [6, 6.07) is 4.68. The molecule has 2 rings (SSSR count). The van der Waals surface area contributed by atoms with Crippen molar-refractivity contribution in [3.8, 4) is 5.75 Å². The second kappa shape index (κ2) is 6.12. The van der Waals surface area contributed by atoms with Crippen molar-refractivity contribution in [3.05, 3.63) is 28.2 Å². The number of amides is 1. The lowest BCUT2D eigenvalue weighted by molar-refractivity contribution is -0.156. The Labute approximate surface area is 132 Å². The summed E-state index contributed by atoms with van der Waals surface area (Å²) >= 11 is 11.6. The summed E-state index contributed by atoms with van der Waals surface area (Å²) in [6.07, 6.45) is 1.11. The second-order valence-electron chi connectivity index (χ2n) is 5.09. The van der Waals surface area contributed by atoms with E-state index in [2.05, 4.69) is 0 Å². The number of hydrogen-bond acceptors (Lipinski definition) is 3. The smallest absolute Gasteiger partial charge is 0.329 e. The van der Waals surface area contributed by atoms with Crippen molar-refractivity contribution >= 4 is 35.1 Å². The van der Waals surface area contributed by atoms with Crippen LogP contribution in [0.15, 0.2) is 18.2 Å². The van der Waals surface area contributed by atoms with Gasteiger partial charge in [-0.25, -0.2) is 4.79 Å². The van der Waals surface area contributed by atoms with Crippen LogP contribution < -0.4 is 4.74 Å². The molecular weight excluding hydrogens is 317 g/mol. The van der Waals surface area contributed by atoms with Crippen LogP contribution in [0.2, 0.25) is 10.0 Å². The molecule has 0 bridgehead atoms. The molecule has 1 atom stereocenters. The number of aliphatic carboxylic acids is 1. The monoisotopic (exact) mass is 331 g/mol. The van der Waals surface area contributed by atoms with Gasteiger partial charge >= 0.3 is 5.97 Å². The van der Waals surface area contributed by atoms with Crippen LogP contribution in [0, 0.1) is 0 Å². The predicted octanol–water partition coefficient (Wildman–Crippen LogP) is 2.84. The van der Waals surface area contributed by atoms with Crippen LogP contribution in [-0.2, 0) is 9.59 Å². The Hall–Kier alpha value is -1.46. The van der Waals surface area contributed by atoms with Gasteiger partial charge in [0, 0.05) is 12.6 Å². The lowest BCUT2D eigenvalue weighted by Gasteiger charge is -2.31. The third-order valence-electron chi connectivity index (χ3n) is 3.66. The largest absolute Gasteiger partial charge is 0.484 e. The lowest BCUT2D eigenvalue weighted by atomic mass is 9.99. The van der Waals surface area contributed by atoms with Gasteiger partial charge in [0.15, 0.2) is 6.61 Å². The zero-order valence-corrected chi connectivity index (χ0v) is 12.9. The molecule has 1 aliphatic heterocycles. The van der Waals surface area contributed by atoms with E-state index >= 15 is 0 Å². The molecular formula is C14H15Cl2NO4.